The Kier molecular flexibility index (Phi) is 1.64. The molecule has 1 fully saturated rings. The summed E-state index contributed by atoms with van der Waals surface area (Å²) in [4.78, 5) is 11.4. The summed E-state index contributed by atoms with van der Waals surface area (Å²) in [6.45, 7) is 0. The normalized spacial score (nSPS) is 17.3. The minimum Gasteiger partial charge on any atom is -0.394 e. The van der Waals surface area contributed by atoms with Gasteiger partial charge in [0.15, 0.2) is 0 Å². The molecule has 0 spiro atoms. The van der Waals surface area contributed by atoms with Crippen LogP contribution in [0.5, 0.6) is 0 Å². The van der Waals surface area contributed by atoms with E-state index in [2.05, 4.69) is 0 Å². The van der Waals surface area contributed by atoms with Crippen LogP contribution in [0.4, 0.5) is 5.69 Å². The van der Waals surface area contributed by atoms with Gasteiger partial charge in [0.05, 0.1) is 5.69 Å². The molecule has 0 atom stereocenters. The average molecular weight is 164 g/mol. The first-order chi connectivity index (χ1) is 5.79. The van der Waals surface area contributed by atoms with Gasteiger partial charge in [-0.1, -0.05) is 0 Å². The van der Waals surface area contributed by atoms with Gasteiger partial charge in [-0.3, -0.25) is 4.79 Å². The number of hydrogen-bond donors (Lipinski definition) is 1. The van der Waals surface area contributed by atoms with Crippen LogP contribution in [0.25, 0.3) is 0 Å². The summed E-state index contributed by atoms with van der Waals surface area (Å²) < 4.78 is 1.75. The van der Waals surface area contributed by atoms with Crippen LogP contribution in [0.2, 0.25) is 0 Å². The zero-order valence-corrected chi connectivity index (χ0v) is 6.86. The van der Waals surface area contributed by atoms with Crippen LogP contribution in [0, 0.1) is 0 Å². The van der Waals surface area contributed by atoms with Crippen LogP contribution in [0.3, 0.4) is 0 Å². The van der Waals surface area contributed by atoms with E-state index in [4.69, 9.17) is 5.73 Å². The van der Waals surface area contributed by atoms with Crippen LogP contribution >= 0.6 is 0 Å². The van der Waals surface area contributed by atoms with Gasteiger partial charge in [0.2, 0.25) is 0 Å². The molecule has 1 aromatic heterocycles. The molecular weight excluding hydrogens is 152 g/mol. The molecule has 1 saturated carbocycles. The van der Waals surface area contributed by atoms with E-state index in [1.54, 1.807) is 10.6 Å². The third-order valence-corrected chi connectivity index (χ3v) is 2.47. The van der Waals surface area contributed by atoms with E-state index in [1.165, 1.54) is 6.42 Å². The third kappa shape index (κ3) is 1.02. The fraction of sp³-hybridized carbons (Fsp3) is 0.444. The first-order valence-corrected chi connectivity index (χ1v) is 4.25. The van der Waals surface area contributed by atoms with Crippen LogP contribution in [-0.2, 0) is 0 Å². The standard InChI is InChI=1S/C9H12N2O/c10-8-5-2-6-11(9(8)12)7-3-1-4-7/h2,5-7H,1,3-4,10H2. The third-order valence-electron chi connectivity index (χ3n) is 2.47. The lowest BCUT2D eigenvalue weighted by atomic mass is 9.93. The van der Waals surface area contributed by atoms with E-state index in [9.17, 15) is 4.79 Å². The van der Waals surface area contributed by atoms with Gasteiger partial charge in [0, 0.05) is 12.2 Å². The minimum absolute atomic E-state index is 0.0396. The Morgan fingerprint density at radius 1 is 1.50 bits per heavy atom. The minimum atomic E-state index is -0.0396. The fourth-order valence-corrected chi connectivity index (χ4v) is 1.48. The average Bonchev–Trinajstić information content (AvgIpc) is 1.95. The number of anilines is 1. The molecule has 1 aliphatic rings. The molecule has 0 aromatic carbocycles. The summed E-state index contributed by atoms with van der Waals surface area (Å²) in [6, 6.07) is 3.88. The van der Waals surface area contributed by atoms with Gasteiger partial charge in [-0.25, -0.2) is 0 Å². The summed E-state index contributed by atoms with van der Waals surface area (Å²) in [7, 11) is 0. The van der Waals surface area contributed by atoms with Crippen molar-refractivity contribution in [2.24, 2.45) is 0 Å². The number of nitrogens with zero attached hydrogens (tertiary/aromatic N) is 1. The SMILES string of the molecule is Nc1cccn(C2CCC2)c1=O. The molecule has 64 valence electrons. The van der Waals surface area contributed by atoms with Crippen LogP contribution in [0.1, 0.15) is 25.3 Å². The molecule has 3 nitrogen and oxygen atoms in total. The second-order valence-electron chi connectivity index (χ2n) is 3.26. The number of nitrogens with two attached hydrogens (primary N) is 1. The number of aromatic nitrogens is 1. The van der Waals surface area contributed by atoms with Gasteiger partial charge in [-0.2, -0.15) is 0 Å². The highest BCUT2D eigenvalue weighted by Crippen LogP contribution is 2.29. The molecular formula is C9H12N2O. The van der Waals surface area contributed by atoms with E-state index >= 15 is 0 Å². The first-order valence-electron chi connectivity index (χ1n) is 4.25. The zero-order chi connectivity index (χ0) is 8.55. The molecule has 0 amide bonds. The van der Waals surface area contributed by atoms with Gasteiger partial charge in [-0.15, -0.1) is 0 Å². The van der Waals surface area contributed by atoms with Gasteiger partial charge in [0.1, 0.15) is 0 Å². The Morgan fingerprint density at radius 3 is 2.83 bits per heavy atom. The molecule has 0 aliphatic heterocycles. The Morgan fingerprint density at radius 2 is 2.25 bits per heavy atom. The van der Waals surface area contributed by atoms with Gasteiger partial charge in [-0.05, 0) is 31.4 Å². The Labute approximate surface area is 70.8 Å². The largest absolute Gasteiger partial charge is 0.394 e. The molecule has 0 radical (unpaired) electrons. The summed E-state index contributed by atoms with van der Waals surface area (Å²) in [5, 5.41) is 0. The molecule has 12 heavy (non-hydrogen) atoms. The van der Waals surface area contributed by atoms with Crippen molar-refractivity contribution in [3.05, 3.63) is 28.7 Å². The van der Waals surface area contributed by atoms with Crippen molar-refractivity contribution in [3.8, 4) is 0 Å². The van der Waals surface area contributed by atoms with E-state index in [1.807, 2.05) is 12.3 Å². The fourth-order valence-electron chi connectivity index (χ4n) is 1.48. The van der Waals surface area contributed by atoms with Gasteiger partial charge < -0.3 is 10.3 Å². The highest BCUT2D eigenvalue weighted by atomic mass is 16.1. The monoisotopic (exact) mass is 164 g/mol. The lowest BCUT2D eigenvalue weighted by molar-refractivity contribution is 0.307. The molecule has 1 heterocycles. The second kappa shape index (κ2) is 2.66. The van der Waals surface area contributed by atoms with E-state index < -0.39 is 0 Å². The topological polar surface area (TPSA) is 48.0 Å². The predicted octanol–water partition coefficient (Wildman–Crippen LogP) is 1.16. The number of pyridine rings is 1. The maximum atomic E-state index is 11.4. The number of hydrogen-bond acceptors (Lipinski definition) is 2. The van der Waals surface area contributed by atoms with Crippen molar-refractivity contribution in [2.45, 2.75) is 25.3 Å². The maximum Gasteiger partial charge on any atom is 0.273 e. The zero-order valence-electron chi connectivity index (χ0n) is 6.86. The molecule has 2 N–H and O–H groups in total. The first kappa shape index (κ1) is 7.40. The van der Waals surface area contributed by atoms with Crippen LogP contribution in [0.15, 0.2) is 23.1 Å². The summed E-state index contributed by atoms with van der Waals surface area (Å²) in [5.74, 6) is 0. The molecule has 1 aliphatic carbocycles. The predicted molar refractivity (Wildman–Crippen MR) is 48.0 cm³/mol. The van der Waals surface area contributed by atoms with Crippen molar-refractivity contribution in [2.75, 3.05) is 5.73 Å². The summed E-state index contributed by atoms with van der Waals surface area (Å²) in [6.07, 6.45) is 5.28. The van der Waals surface area contributed by atoms with Crippen LogP contribution in [-0.4, -0.2) is 4.57 Å². The van der Waals surface area contributed by atoms with Crippen molar-refractivity contribution in [3.63, 3.8) is 0 Å². The van der Waals surface area contributed by atoms with Crippen molar-refractivity contribution < 1.29 is 0 Å². The summed E-state index contributed by atoms with van der Waals surface area (Å²) >= 11 is 0. The van der Waals surface area contributed by atoms with Crippen molar-refractivity contribution >= 4 is 5.69 Å². The molecule has 1 aromatic rings. The van der Waals surface area contributed by atoms with E-state index in [0.29, 0.717) is 11.7 Å². The number of nitrogen functional groups attached to an aromatic ring is 1. The molecule has 3 heteroatoms. The molecule has 0 saturated heterocycles. The molecule has 0 unspecified atom stereocenters. The lowest BCUT2D eigenvalue weighted by Crippen LogP contribution is -2.29. The highest BCUT2D eigenvalue weighted by Gasteiger charge is 2.20. The smallest absolute Gasteiger partial charge is 0.273 e. The Balaban J connectivity index is 2.43. The highest BCUT2D eigenvalue weighted by molar-refractivity contribution is 5.33. The van der Waals surface area contributed by atoms with E-state index in [-0.39, 0.29) is 5.56 Å². The Hall–Kier alpha value is -1.25. The second-order valence-corrected chi connectivity index (χ2v) is 3.26. The van der Waals surface area contributed by atoms with Gasteiger partial charge >= 0.3 is 0 Å². The molecule has 0 bridgehead atoms. The quantitative estimate of drug-likeness (QED) is 0.677. The lowest BCUT2D eigenvalue weighted by Gasteiger charge is -2.27. The number of rotatable bonds is 1. The van der Waals surface area contributed by atoms with Crippen molar-refractivity contribution in [1.29, 1.82) is 0 Å². The van der Waals surface area contributed by atoms with Crippen LogP contribution < -0.4 is 11.3 Å². The van der Waals surface area contributed by atoms with Crippen molar-refractivity contribution in [1.82, 2.24) is 4.57 Å². The Bertz CT molecular complexity index is 339. The molecule has 2 rings (SSSR count). The van der Waals surface area contributed by atoms with E-state index in [0.717, 1.165) is 12.8 Å². The maximum absolute atomic E-state index is 11.4. The summed E-state index contributed by atoms with van der Waals surface area (Å²) in [5.41, 5.74) is 5.82. The van der Waals surface area contributed by atoms with Gasteiger partial charge in [0.25, 0.3) is 5.56 Å².